The molecule has 2 N–H and O–H groups in total. The molecule has 26 heavy (non-hydrogen) atoms. The quantitative estimate of drug-likeness (QED) is 0.214. The van der Waals surface area contributed by atoms with Crippen LogP contribution in [0.1, 0.15) is 57.8 Å². The van der Waals surface area contributed by atoms with E-state index in [1.165, 1.54) is 38.5 Å². The minimum atomic E-state index is 0. The third-order valence-electron chi connectivity index (χ3n) is 5.91. The van der Waals surface area contributed by atoms with Crippen molar-refractivity contribution < 1.29 is 9.53 Å². The van der Waals surface area contributed by atoms with Crippen molar-refractivity contribution in [2.45, 2.75) is 63.9 Å². The maximum atomic E-state index is 11.7. The van der Waals surface area contributed by atoms with E-state index < -0.39 is 0 Å². The van der Waals surface area contributed by atoms with Crippen LogP contribution in [0.25, 0.3) is 0 Å². The molecule has 1 aliphatic carbocycles. The lowest BCUT2D eigenvalue weighted by atomic mass is 9.79. The number of piperidine rings is 1. The SMILES string of the molecule is CN=C(NCCOC1CCCCCC1)N1CCCC2(CNC(=O)C2)C1.I. The normalized spacial score (nSPS) is 27.8. The molecule has 0 aromatic carbocycles. The number of nitrogens with one attached hydrogen (secondary N) is 2. The smallest absolute Gasteiger partial charge is 0.220 e. The maximum absolute atomic E-state index is 11.7. The minimum absolute atomic E-state index is 0. The third-order valence-corrected chi connectivity index (χ3v) is 5.91. The second-order valence-corrected chi connectivity index (χ2v) is 7.94. The van der Waals surface area contributed by atoms with Crippen molar-refractivity contribution in [2.75, 3.05) is 39.8 Å². The van der Waals surface area contributed by atoms with Crippen LogP contribution in [0.3, 0.4) is 0 Å². The van der Waals surface area contributed by atoms with Gasteiger partial charge in [-0.05, 0) is 25.7 Å². The van der Waals surface area contributed by atoms with Crippen LogP contribution < -0.4 is 10.6 Å². The number of aliphatic imine (C=N–C) groups is 1. The number of guanidine groups is 1. The number of rotatable bonds is 4. The molecule has 2 aliphatic heterocycles. The monoisotopic (exact) mass is 478 g/mol. The molecule has 1 unspecified atom stereocenters. The van der Waals surface area contributed by atoms with Gasteiger partial charge in [-0.3, -0.25) is 9.79 Å². The lowest BCUT2D eigenvalue weighted by molar-refractivity contribution is -0.119. The van der Waals surface area contributed by atoms with Gasteiger partial charge in [-0.15, -0.1) is 24.0 Å². The molecule has 3 fully saturated rings. The number of likely N-dealkylation sites (tertiary alicyclic amines) is 1. The van der Waals surface area contributed by atoms with Gasteiger partial charge in [0.05, 0.1) is 12.7 Å². The Bertz CT molecular complexity index is 480. The van der Waals surface area contributed by atoms with Crippen molar-refractivity contribution in [2.24, 2.45) is 10.4 Å². The van der Waals surface area contributed by atoms with Gasteiger partial charge in [0.15, 0.2) is 5.96 Å². The lowest BCUT2D eigenvalue weighted by Gasteiger charge is -2.40. The lowest BCUT2D eigenvalue weighted by Crippen LogP contribution is -2.51. The maximum Gasteiger partial charge on any atom is 0.220 e. The standard InChI is InChI=1S/C19H34N4O2.HI/c1-20-18(21-10-12-25-16-7-4-2-3-5-8-16)23-11-6-9-19(15-23)13-17(24)22-14-19;/h16H,2-15H2,1H3,(H,20,21)(H,22,24);1H. The van der Waals surface area contributed by atoms with E-state index in [-0.39, 0.29) is 35.3 Å². The molecular weight excluding hydrogens is 443 g/mol. The van der Waals surface area contributed by atoms with E-state index in [0.29, 0.717) is 12.5 Å². The third kappa shape index (κ3) is 5.97. The summed E-state index contributed by atoms with van der Waals surface area (Å²) in [5.41, 5.74) is 0.101. The topological polar surface area (TPSA) is 66.0 Å². The van der Waals surface area contributed by atoms with Crippen LogP contribution >= 0.6 is 24.0 Å². The number of nitrogens with zero attached hydrogens (tertiary/aromatic N) is 2. The van der Waals surface area contributed by atoms with E-state index in [1.54, 1.807) is 0 Å². The van der Waals surface area contributed by atoms with Gasteiger partial charge in [-0.1, -0.05) is 25.7 Å². The molecule has 2 saturated heterocycles. The number of carbonyl (C=O) groups is 1. The highest BCUT2D eigenvalue weighted by Crippen LogP contribution is 2.35. The summed E-state index contributed by atoms with van der Waals surface area (Å²) in [4.78, 5) is 18.4. The van der Waals surface area contributed by atoms with Gasteiger partial charge in [0, 0.05) is 45.1 Å². The van der Waals surface area contributed by atoms with Crippen LogP contribution in [0.2, 0.25) is 0 Å². The average Bonchev–Trinajstić information content (AvgIpc) is 2.82. The van der Waals surface area contributed by atoms with Crippen molar-refractivity contribution in [1.82, 2.24) is 15.5 Å². The van der Waals surface area contributed by atoms with E-state index in [9.17, 15) is 4.79 Å². The number of ether oxygens (including phenoxy) is 1. The first-order chi connectivity index (χ1) is 12.2. The highest BCUT2D eigenvalue weighted by atomic mass is 127. The fourth-order valence-electron chi connectivity index (χ4n) is 4.56. The Labute approximate surface area is 174 Å². The highest BCUT2D eigenvalue weighted by Gasteiger charge is 2.42. The molecule has 0 aromatic heterocycles. The fraction of sp³-hybridized carbons (Fsp3) is 0.895. The van der Waals surface area contributed by atoms with E-state index in [0.717, 1.165) is 51.6 Å². The Balaban J connectivity index is 0.00000243. The zero-order chi connectivity index (χ0) is 17.5. The molecule has 7 heteroatoms. The van der Waals surface area contributed by atoms with Crippen molar-refractivity contribution in [1.29, 1.82) is 0 Å². The molecule has 1 saturated carbocycles. The molecule has 1 atom stereocenters. The summed E-state index contributed by atoms with van der Waals surface area (Å²) in [6, 6.07) is 0. The predicted octanol–water partition coefficient (Wildman–Crippen LogP) is 2.52. The molecule has 0 bridgehead atoms. The van der Waals surface area contributed by atoms with Gasteiger partial charge < -0.3 is 20.3 Å². The van der Waals surface area contributed by atoms with Crippen LogP contribution in [0.15, 0.2) is 4.99 Å². The van der Waals surface area contributed by atoms with E-state index in [4.69, 9.17) is 4.74 Å². The molecule has 3 aliphatic rings. The molecule has 0 radical (unpaired) electrons. The van der Waals surface area contributed by atoms with Crippen LogP contribution in [0.4, 0.5) is 0 Å². The van der Waals surface area contributed by atoms with Gasteiger partial charge in [0.2, 0.25) is 5.91 Å². The average molecular weight is 478 g/mol. The number of carbonyl (C=O) groups excluding carboxylic acids is 1. The van der Waals surface area contributed by atoms with Gasteiger partial charge >= 0.3 is 0 Å². The van der Waals surface area contributed by atoms with Crippen molar-refractivity contribution in [3.05, 3.63) is 0 Å². The first-order valence-electron chi connectivity index (χ1n) is 10.0. The summed E-state index contributed by atoms with van der Waals surface area (Å²) in [6.45, 7) is 4.27. The molecular formula is C19H35IN4O2. The van der Waals surface area contributed by atoms with Crippen molar-refractivity contribution in [3.63, 3.8) is 0 Å². The van der Waals surface area contributed by atoms with Gasteiger partial charge in [0.1, 0.15) is 0 Å². The Morgan fingerprint density at radius 2 is 2.08 bits per heavy atom. The predicted molar refractivity (Wildman–Crippen MR) is 115 cm³/mol. The molecule has 6 nitrogen and oxygen atoms in total. The van der Waals surface area contributed by atoms with E-state index >= 15 is 0 Å². The van der Waals surface area contributed by atoms with E-state index in [2.05, 4.69) is 20.5 Å². The summed E-state index contributed by atoms with van der Waals surface area (Å²) in [7, 11) is 1.84. The van der Waals surface area contributed by atoms with Gasteiger partial charge in [-0.25, -0.2) is 0 Å². The van der Waals surface area contributed by atoms with Crippen molar-refractivity contribution >= 4 is 35.8 Å². The van der Waals surface area contributed by atoms with Crippen LogP contribution in [-0.4, -0.2) is 62.7 Å². The molecule has 0 aromatic rings. The number of hydrogen-bond acceptors (Lipinski definition) is 3. The van der Waals surface area contributed by atoms with Crippen molar-refractivity contribution in [3.8, 4) is 0 Å². The second kappa shape index (κ2) is 10.7. The largest absolute Gasteiger partial charge is 0.376 e. The highest BCUT2D eigenvalue weighted by molar-refractivity contribution is 14.0. The van der Waals surface area contributed by atoms with Crippen LogP contribution in [-0.2, 0) is 9.53 Å². The zero-order valence-electron chi connectivity index (χ0n) is 16.1. The first kappa shape index (κ1) is 21.7. The number of hydrogen-bond donors (Lipinski definition) is 2. The van der Waals surface area contributed by atoms with Crippen LogP contribution in [0, 0.1) is 5.41 Å². The summed E-state index contributed by atoms with van der Waals surface area (Å²) in [5, 5.41) is 6.46. The summed E-state index contributed by atoms with van der Waals surface area (Å²) >= 11 is 0. The minimum Gasteiger partial charge on any atom is -0.376 e. The summed E-state index contributed by atoms with van der Waals surface area (Å²) in [6.07, 6.45) is 11.1. The number of amides is 1. The molecule has 1 amide bonds. The Morgan fingerprint density at radius 1 is 1.31 bits per heavy atom. The first-order valence-corrected chi connectivity index (χ1v) is 10.0. The molecule has 1 spiro atoms. The molecule has 150 valence electrons. The Morgan fingerprint density at radius 3 is 2.73 bits per heavy atom. The fourth-order valence-corrected chi connectivity index (χ4v) is 4.56. The van der Waals surface area contributed by atoms with E-state index in [1.807, 2.05) is 7.05 Å². The van der Waals surface area contributed by atoms with Gasteiger partial charge in [0.25, 0.3) is 0 Å². The van der Waals surface area contributed by atoms with Crippen LogP contribution in [0.5, 0.6) is 0 Å². The summed E-state index contributed by atoms with van der Waals surface area (Å²) in [5.74, 6) is 1.14. The Hall–Kier alpha value is -0.570. The summed E-state index contributed by atoms with van der Waals surface area (Å²) < 4.78 is 6.06. The zero-order valence-corrected chi connectivity index (χ0v) is 18.4. The molecule has 3 rings (SSSR count). The Kier molecular flexibility index (Phi) is 8.93. The van der Waals surface area contributed by atoms with Gasteiger partial charge in [-0.2, -0.15) is 0 Å². The number of halogens is 1. The second-order valence-electron chi connectivity index (χ2n) is 7.94. The molecule has 2 heterocycles.